The van der Waals surface area contributed by atoms with Crippen molar-refractivity contribution in [2.75, 3.05) is 0 Å². The van der Waals surface area contributed by atoms with Gasteiger partial charge < -0.3 is 38.5 Å². The monoisotopic (exact) mass is 362 g/mol. The van der Waals surface area contributed by atoms with Crippen molar-refractivity contribution in [3.05, 3.63) is 0 Å². The first-order chi connectivity index (χ1) is 4.00. The van der Waals surface area contributed by atoms with E-state index in [1.807, 2.05) is 0 Å². The molecule has 2 radical (unpaired) electrons. The Bertz CT molecular complexity index is 134. The van der Waals surface area contributed by atoms with Crippen LogP contribution < -0.4 is 29.4 Å². The maximum absolute atomic E-state index is 8.55. The van der Waals surface area contributed by atoms with Gasteiger partial charge in [-0.25, -0.2) is 0 Å². The summed E-state index contributed by atoms with van der Waals surface area (Å²) < 4.78 is 17.1. The molecule has 0 aromatic rings. The van der Waals surface area contributed by atoms with Crippen molar-refractivity contribution in [1.82, 2.24) is 0 Å². The normalized spacial score (nSPS) is 9.08. The summed E-state index contributed by atoms with van der Waals surface area (Å²) in [6.07, 6.45) is 0. The molecular formula is CoMnNiO8P2. The van der Waals surface area contributed by atoms with Gasteiger partial charge in [0.15, 0.2) is 0 Å². The molecule has 0 bridgehead atoms. The fraction of sp³-hybridized carbons (Fsp3) is 0. The Labute approximate surface area is 104 Å². The van der Waals surface area contributed by atoms with Crippen LogP contribution in [0.5, 0.6) is 0 Å². The van der Waals surface area contributed by atoms with Crippen molar-refractivity contribution in [1.29, 1.82) is 0 Å². The zero-order chi connectivity index (χ0) is 9.00. The Morgan fingerprint density at radius 3 is 0.692 bits per heavy atom. The van der Waals surface area contributed by atoms with E-state index >= 15 is 0 Å². The minimum absolute atomic E-state index is 0. The van der Waals surface area contributed by atoms with Crippen LogP contribution in [0.2, 0.25) is 0 Å². The molecule has 0 aromatic carbocycles. The molecule has 13 heavy (non-hydrogen) atoms. The smallest absolute Gasteiger partial charge is 0.822 e. The van der Waals surface area contributed by atoms with E-state index in [-0.39, 0.29) is 50.3 Å². The van der Waals surface area contributed by atoms with Gasteiger partial charge in [-0.2, -0.15) is 15.6 Å². The number of hydrogen-bond acceptors (Lipinski definition) is 8. The van der Waals surface area contributed by atoms with Gasteiger partial charge in [0.2, 0.25) is 0 Å². The standard InChI is InChI=1S/Co.Mn.Ni.2H3O4P/c;;;2*1-5(2,3)4/h;;;2*(H3,1,2,3,4)/q3*+2;;/p-6. The third-order valence-corrected chi connectivity index (χ3v) is 0. The van der Waals surface area contributed by atoms with Gasteiger partial charge in [-0.1, -0.05) is 0 Å². The Balaban J connectivity index is -0.0000000267. The summed E-state index contributed by atoms with van der Waals surface area (Å²) in [4.78, 5) is 51.3. The molecule has 0 heterocycles. The van der Waals surface area contributed by atoms with Gasteiger partial charge in [-0.05, 0) is 0 Å². The SMILES string of the molecule is O=P([O-])([O-])[O-].O=P([O-])([O-])[O-].[Co+2].[Mn+2].[Ni+2]. The zero-order valence-corrected chi connectivity index (χ0v) is 10.2. The molecule has 0 atom stereocenters. The second kappa shape index (κ2) is 11.8. The summed E-state index contributed by atoms with van der Waals surface area (Å²) in [5.74, 6) is 0. The molecule has 0 N–H and O–H groups in total. The van der Waals surface area contributed by atoms with Crippen molar-refractivity contribution in [2.45, 2.75) is 0 Å². The maximum atomic E-state index is 8.55. The van der Waals surface area contributed by atoms with Crippen molar-refractivity contribution in [2.24, 2.45) is 0 Å². The van der Waals surface area contributed by atoms with E-state index in [4.69, 9.17) is 38.5 Å². The maximum Gasteiger partial charge on any atom is 2.00 e. The Morgan fingerprint density at radius 2 is 0.692 bits per heavy atom. The van der Waals surface area contributed by atoms with Crippen molar-refractivity contribution in [3.8, 4) is 0 Å². The third-order valence-electron chi connectivity index (χ3n) is 0. The molecule has 0 aliphatic carbocycles. The minimum atomic E-state index is -5.39. The van der Waals surface area contributed by atoms with Crippen LogP contribution >= 0.6 is 15.6 Å². The summed E-state index contributed by atoms with van der Waals surface area (Å²) >= 11 is 0. The molecule has 13 heteroatoms. The van der Waals surface area contributed by atoms with E-state index in [0.29, 0.717) is 0 Å². The third kappa shape index (κ3) is 626. The van der Waals surface area contributed by atoms with Gasteiger partial charge in [-0.3, -0.25) is 0 Å². The predicted molar refractivity (Wildman–Crippen MR) is 15.2 cm³/mol. The average molecular weight is 363 g/mol. The second-order valence-corrected chi connectivity index (χ2v) is 2.68. The molecule has 0 aliphatic heterocycles. The number of rotatable bonds is 0. The first-order valence-corrected chi connectivity index (χ1v) is 4.38. The van der Waals surface area contributed by atoms with Crippen LogP contribution in [0.4, 0.5) is 0 Å². The fourth-order valence-corrected chi connectivity index (χ4v) is 0. The van der Waals surface area contributed by atoms with E-state index < -0.39 is 15.6 Å². The van der Waals surface area contributed by atoms with Crippen molar-refractivity contribution in [3.63, 3.8) is 0 Å². The van der Waals surface area contributed by atoms with Gasteiger partial charge in [0.1, 0.15) is 0 Å². The first kappa shape index (κ1) is 29.3. The zero-order valence-electron chi connectivity index (χ0n) is 5.19. The Hall–Kier alpha value is 1.74. The van der Waals surface area contributed by atoms with Crippen LogP contribution in [0.3, 0.4) is 0 Å². The molecular weight excluding hydrogens is 363 g/mol. The Kier molecular flexibility index (Phi) is 26.7. The molecule has 0 rings (SSSR count). The summed E-state index contributed by atoms with van der Waals surface area (Å²) in [5, 5.41) is 0. The summed E-state index contributed by atoms with van der Waals surface area (Å²) in [7, 11) is -10.8. The van der Waals surface area contributed by atoms with Gasteiger partial charge in [0, 0.05) is 0 Å². The van der Waals surface area contributed by atoms with Crippen LogP contribution in [-0.2, 0) is 59.5 Å². The van der Waals surface area contributed by atoms with E-state index in [1.165, 1.54) is 0 Å². The minimum Gasteiger partial charge on any atom is -0.822 e. The van der Waals surface area contributed by atoms with Crippen molar-refractivity contribution < 1.29 is 88.8 Å². The summed E-state index contributed by atoms with van der Waals surface area (Å²) in [6.45, 7) is 0. The molecule has 0 saturated heterocycles. The largest absolute Gasteiger partial charge is 2.00 e. The van der Waals surface area contributed by atoms with Crippen LogP contribution in [0.1, 0.15) is 0 Å². The van der Waals surface area contributed by atoms with E-state index in [0.717, 1.165) is 0 Å². The molecule has 0 aliphatic rings. The first-order valence-electron chi connectivity index (χ1n) is 1.46. The molecule has 8 nitrogen and oxygen atoms in total. The van der Waals surface area contributed by atoms with Gasteiger partial charge in [-0.15, -0.1) is 0 Å². The molecule has 0 fully saturated rings. The quantitative estimate of drug-likeness (QED) is 0.303. The van der Waals surface area contributed by atoms with Crippen LogP contribution in [-0.4, -0.2) is 0 Å². The topological polar surface area (TPSA) is 172 Å². The molecule has 0 saturated carbocycles. The molecule has 0 unspecified atom stereocenters. The summed E-state index contributed by atoms with van der Waals surface area (Å²) in [6, 6.07) is 0. The van der Waals surface area contributed by atoms with Gasteiger partial charge in [0.25, 0.3) is 0 Å². The Morgan fingerprint density at radius 1 is 0.692 bits per heavy atom. The molecule has 0 amide bonds. The number of hydrogen-bond donors (Lipinski definition) is 0. The molecule has 0 aromatic heterocycles. The van der Waals surface area contributed by atoms with E-state index in [1.54, 1.807) is 0 Å². The van der Waals surface area contributed by atoms with Gasteiger partial charge >= 0.3 is 50.3 Å². The average Bonchev–Trinajstić information content (AvgIpc) is 1.12. The summed E-state index contributed by atoms with van der Waals surface area (Å²) in [5.41, 5.74) is 0. The predicted octanol–water partition coefficient (Wildman–Crippen LogP) is -5.66. The van der Waals surface area contributed by atoms with Crippen LogP contribution in [0.25, 0.3) is 0 Å². The fourth-order valence-electron chi connectivity index (χ4n) is 0. The molecule has 84 valence electrons. The van der Waals surface area contributed by atoms with E-state index in [9.17, 15) is 0 Å². The van der Waals surface area contributed by atoms with Crippen LogP contribution in [0.15, 0.2) is 0 Å². The second-order valence-electron chi connectivity index (χ2n) is 0.894. The van der Waals surface area contributed by atoms with E-state index in [2.05, 4.69) is 0 Å². The molecule has 0 spiro atoms. The van der Waals surface area contributed by atoms with Crippen LogP contribution in [0, 0.1) is 0 Å². The van der Waals surface area contributed by atoms with Crippen molar-refractivity contribution >= 4 is 15.6 Å². The van der Waals surface area contributed by atoms with Gasteiger partial charge in [0.05, 0.1) is 0 Å². The number of phosphoric acid groups is 2.